The van der Waals surface area contributed by atoms with Crippen molar-refractivity contribution in [2.24, 2.45) is 17.6 Å². The standard InChI is InChI=1S/C11H20N2O/c12-11(14)7-13-10-3-1-2-9(6-10)8-4-5-8/h8-10,13H,1-7H2,(H2,12,14). The van der Waals surface area contributed by atoms with Crippen LogP contribution in [0.15, 0.2) is 0 Å². The second kappa shape index (κ2) is 4.30. The van der Waals surface area contributed by atoms with Crippen LogP contribution in [0.25, 0.3) is 0 Å². The van der Waals surface area contributed by atoms with Crippen molar-refractivity contribution in [3.63, 3.8) is 0 Å². The quantitative estimate of drug-likeness (QED) is 0.705. The van der Waals surface area contributed by atoms with Crippen molar-refractivity contribution in [3.05, 3.63) is 0 Å². The molecule has 2 atom stereocenters. The van der Waals surface area contributed by atoms with Crippen molar-refractivity contribution >= 4 is 5.91 Å². The van der Waals surface area contributed by atoms with Gasteiger partial charge in [0.25, 0.3) is 0 Å². The SMILES string of the molecule is NC(=O)CNC1CCCC(C2CC2)C1. The molecule has 0 heterocycles. The zero-order valence-electron chi connectivity index (χ0n) is 8.67. The molecule has 2 aliphatic rings. The molecule has 0 spiro atoms. The number of hydrogen-bond acceptors (Lipinski definition) is 2. The molecule has 2 rings (SSSR count). The van der Waals surface area contributed by atoms with Gasteiger partial charge < -0.3 is 11.1 Å². The summed E-state index contributed by atoms with van der Waals surface area (Å²) in [6.45, 7) is 0.349. The number of hydrogen-bond donors (Lipinski definition) is 2. The molecule has 1 amide bonds. The summed E-state index contributed by atoms with van der Waals surface area (Å²) in [7, 11) is 0. The summed E-state index contributed by atoms with van der Waals surface area (Å²) in [5, 5.41) is 3.26. The number of amides is 1. The molecule has 3 heteroatoms. The first-order chi connectivity index (χ1) is 6.75. The summed E-state index contributed by atoms with van der Waals surface area (Å²) in [5.41, 5.74) is 5.11. The zero-order chi connectivity index (χ0) is 9.97. The second-order valence-corrected chi connectivity index (χ2v) is 4.81. The van der Waals surface area contributed by atoms with E-state index in [-0.39, 0.29) is 5.91 Å². The fourth-order valence-electron chi connectivity index (χ4n) is 2.65. The highest BCUT2D eigenvalue weighted by Crippen LogP contribution is 2.43. The van der Waals surface area contributed by atoms with E-state index >= 15 is 0 Å². The summed E-state index contributed by atoms with van der Waals surface area (Å²) >= 11 is 0. The van der Waals surface area contributed by atoms with Gasteiger partial charge in [-0.25, -0.2) is 0 Å². The van der Waals surface area contributed by atoms with E-state index in [1.54, 1.807) is 0 Å². The average Bonchev–Trinajstić information content (AvgIpc) is 2.98. The van der Waals surface area contributed by atoms with E-state index in [9.17, 15) is 4.79 Å². The van der Waals surface area contributed by atoms with Gasteiger partial charge in [0, 0.05) is 6.04 Å². The molecule has 0 aliphatic heterocycles. The summed E-state index contributed by atoms with van der Waals surface area (Å²) < 4.78 is 0. The molecule has 2 fully saturated rings. The molecule has 3 N–H and O–H groups in total. The number of nitrogens with two attached hydrogens (primary N) is 1. The van der Waals surface area contributed by atoms with Gasteiger partial charge in [0.1, 0.15) is 0 Å². The number of rotatable bonds is 4. The Bertz CT molecular complexity index is 213. The van der Waals surface area contributed by atoms with E-state index in [0.717, 1.165) is 11.8 Å². The lowest BCUT2D eigenvalue weighted by molar-refractivity contribution is -0.117. The maximum Gasteiger partial charge on any atom is 0.231 e. The summed E-state index contributed by atoms with van der Waals surface area (Å²) in [6.07, 6.45) is 8.08. The molecule has 14 heavy (non-hydrogen) atoms. The summed E-state index contributed by atoms with van der Waals surface area (Å²) in [6, 6.07) is 0.543. The fourth-order valence-corrected chi connectivity index (χ4v) is 2.65. The normalized spacial score (nSPS) is 32.9. The molecular weight excluding hydrogens is 176 g/mol. The van der Waals surface area contributed by atoms with Crippen molar-refractivity contribution in [3.8, 4) is 0 Å². The third-order valence-corrected chi connectivity index (χ3v) is 3.57. The van der Waals surface area contributed by atoms with E-state index in [0.29, 0.717) is 12.6 Å². The maximum atomic E-state index is 10.6. The van der Waals surface area contributed by atoms with Crippen LogP contribution in [0.4, 0.5) is 0 Å². The van der Waals surface area contributed by atoms with Crippen LogP contribution in [0.1, 0.15) is 38.5 Å². The lowest BCUT2D eigenvalue weighted by Gasteiger charge is -2.29. The van der Waals surface area contributed by atoms with E-state index in [2.05, 4.69) is 5.32 Å². The van der Waals surface area contributed by atoms with Crippen molar-refractivity contribution in [2.75, 3.05) is 6.54 Å². The molecule has 0 radical (unpaired) electrons. The molecule has 0 saturated heterocycles. The van der Waals surface area contributed by atoms with Crippen LogP contribution >= 0.6 is 0 Å². The molecule has 80 valence electrons. The average molecular weight is 196 g/mol. The minimum Gasteiger partial charge on any atom is -0.369 e. The van der Waals surface area contributed by atoms with Crippen molar-refractivity contribution in [1.82, 2.24) is 5.32 Å². The van der Waals surface area contributed by atoms with Crippen LogP contribution in [-0.4, -0.2) is 18.5 Å². The van der Waals surface area contributed by atoms with Gasteiger partial charge in [-0.1, -0.05) is 12.8 Å². The first-order valence-corrected chi connectivity index (χ1v) is 5.77. The third kappa shape index (κ3) is 2.71. The largest absolute Gasteiger partial charge is 0.369 e. The van der Waals surface area contributed by atoms with E-state index in [1.807, 2.05) is 0 Å². The van der Waals surface area contributed by atoms with Crippen LogP contribution in [0.2, 0.25) is 0 Å². The molecular formula is C11H20N2O. The topological polar surface area (TPSA) is 55.1 Å². The molecule has 3 nitrogen and oxygen atoms in total. The molecule has 0 aromatic heterocycles. The Morgan fingerprint density at radius 1 is 1.21 bits per heavy atom. The lowest BCUT2D eigenvalue weighted by atomic mass is 9.83. The molecule has 2 saturated carbocycles. The van der Waals surface area contributed by atoms with Crippen molar-refractivity contribution in [2.45, 2.75) is 44.6 Å². The fraction of sp³-hybridized carbons (Fsp3) is 0.909. The highest BCUT2D eigenvalue weighted by molar-refractivity contribution is 5.75. The van der Waals surface area contributed by atoms with Gasteiger partial charge in [-0.2, -0.15) is 0 Å². The summed E-state index contributed by atoms with van der Waals surface area (Å²) in [4.78, 5) is 10.6. The van der Waals surface area contributed by atoms with E-state index in [4.69, 9.17) is 5.73 Å². The van der Waals surface area contributed by atoms with Crippen molar-refractivity contribution < 1.29 is 4.79 Å². The number of carbonyl (C=O) groups excluding carboxylic acids is 1. The Morgan fingerprint density at radius 3 is 2.64 bits per heavy atom. The third-order valence-electron chi connectivity index (χ3n) is 3.57. The second-order valence-electron chi connectivity index (χ2n) is 4.81. The predicted molar refractivity (Wildman–Crippen MR) is 55.7 cm³/mol. The van der Waals surface area contributed by atoms with Gasteiger partial charge in [-0.05, 0) is 37.5 Å². The van der Waals surface area contributed by atoms with Gasteiger partial charge in [-0.3, -0.25) is 4.79 Å². The maximum absolute atomic E-state index is 10.6. The van der Waals surface area contributed by atoms with Gasteiger partial charge >= 0.3 is 0 Å². The van der Waals surface area contributed by atoms with Crippen LogP contribution in [0, 0.1) is 11.8 Å². The number of carbonyl (C=O) groups is 1. The van der Waals surface area contributed by atoms with Crippen LogP contribution < -0.4 is 11.1 Å². The van der Waals surface area contributed by atoms with E-state index in [1.165, 1.54) is 38.5 Å². The predicted octanol–water partition coefficient (Wildman–Crippen LogP) is 1.03. The molecule has 2 aliphatic carbocycles. The Morgan fingerprint density at radius 2 is 2.00 bits per heavy atom. The Labute approximate surface area is 85.4 Å². The molecule has 0 aromatic rings. The van der Waals surface area contributed by atoms with Crippen LogP contribution in [0.3, 0.4) is 0 Å². The minimum absolute atomic E-state index is 0.237. The van der Waals surface area contributed by atoms with Gasteiger partial charge in [0.15, 0.2) is 0 Å². The highest BCUT2D eigenvalue weighted by Gasteiger charge is 2.34. The molecule has 0 aromatic carbocycles. The van der Waals surface area contributed by atoms with Crippen molar-refractivity contribution in [1.29, 1.82) is 0 Å². The Hall–Kier alpha value is -0.570. The van der Waals surface area contributed by atoms with Crippen LogP contribution in [0.5, 0.6) is 0 Å². The molecule has 0 bridgehead atoms. The monoisotopic (exact) mass is 196 g/mol. The smallest absolute Gasteiger partial charge is 0.231 e. The van der Waals surface area contributed by atoms with Gasteiger partial charge in [0.05, 0.1) is 6.54 Å². The van der Waals surface area contributed by atoms with Gasteiger partial charge in [-0.15, -0.1) is 0 Å². The lowest BCUT2D eigenvalue weighted by Crippen LogP contribution is -2.39. The zero-order valence-corrected chi connectivity index (χ0v) is 8.67. The Kier molecular flexibility index (Phi) is 3.06. The number of primary amides is 1. The van der Waals surface area contributed by atoms with E-state index < -0.39 is 0 Å². The molecule has 2 unspecified atom stereocenters. The van der Waals surface area contributed by atoms with Crippen LogP contribution in [-0.2, 0) is 4.79 Å². The summed E-state index contributed by atoms with van der Waals surface area (Å²) in [5.74, 6) is 1.70. The minimum atomic E-state index is -0.237. The van der Waals surface area contributed by atoms with Gasteiger partial charge in [0.2, 0.25) is 5.91 Å². The highest BCUT2D eigenvalue weighted by atomic mass is 16.1. The Balaban J connectivity index is 1.72. The first kappa shape index (κ1) is 9.97. The number of nitrogens with one attached hydrogen (secondary N) is 1. The first-order valence-electron chi connectivity index (χ1n) is 5.77.